The maximum absolute atomic E-state index is 13.1. The van der Waals surface area contributed by atoms with E-state index in [1.54, 1.807) is 38.5 Å². The van der Waals surface area contributed by atoms with Gasteiger partial charge in [-0.05, 0) is 36.4 Å². The van der Waals surface area contributed by atoms with Crippen molar-refractivity contribution in [2.45, 2.75) is 22.8 Å². The van der Waals surface area contributed by atoms with Crippen LogP contribution in [0.4, 0.5) is 11.4 Å². The van der Waals surface area contributed by atoms with Crippen molar-refractivity contribution < 1.29 is 19.1 Å². The van der Waals surface area contributed by atoms with Gasteiger partial charge in [0.05, 0.1) is 55.8 Å². The summed E-state index contributed by atoms with van der Waals surface area (Å²) in [5, 5.41) is 9.44. The van der Waals surface area contributed by atoms with Crippen molar-refractivity contribution in [2.24, 2.45) is 0 Å². The molecule has 170 valence electrons. The third-order valence-corrected chi connectivity index (χ3v) is 7.53. The first kappa shape index (κ1) is 21.9. The molecular weight excluding hydrogens is 450 g/mol. The van der Waals surface area contributed by atoms with E-state index in [1.807, 2.05) is 36.2 Å². The number of carbonyl (C=O) groups is 2. The van der Waals surface area contributed by atoms with Gasteiger partial charge in [0, 0.05) is 28.0 Å². The van der Waals surface area contributed by atoms with Crippen molar-refractivity contribution in [3.8, 4) is 17.6 Å². The summed E-state index contributed by atoms with van der Waals surface area (Å²) in [7, 11) is 5.12. The number of methoxy groups -OCH3 is 2. The molecule has 0 saturated heterocycles. The molecule has 0 N–H and O–H groups in total. The summed E-state index contributed by atoms with van der Waals surface area (Å²) < 4.78 is 11.2. The Morgan fingerprint density at radius 3 is 1.91 bits per heavy atom. The van der Waals surface area contributed by atoms with Crippen LogP contribution in [0.5, 0.6) is 11.5 Å². The van der Waals surface area contributed by atoms with Crippen LogP contribution in [-0.2, 0) is 13.0 Å². The first-order valence-corrected chi connectivity index (χ1v) is 11.4. The minimum Gasteiger partial charge on any atom is -0.496 e. The highest BCUT2D eigenvalue weighted by atomic mass is 32.2. The fourth-order valence-corrected chi connectivity index (χ4v) is 5.91. The number of hydrogen-bond acceptors (Lipinski definition) is 7. The Morgan fingerprint density at radius 1 is 0.853 bits per heavy atom. The molecule has 0 bridgehead atoms. The Morgan fingerprint density at radius 2 is 1.38 bits per heavy atom. The maximum Gasteiger partial charge on any atom is 0.261 e. The number of rotatable bonds is 5. The van der Waals surface area contributed by atoms with Crippen LogP contribution in [0.25, 0.3) is 0 Å². The van der Waals surface area contributed by atoms with E-state index in [9.17, 15) is 14.9 Å². The molecule has 0 radical (unpaired) electrons. The van der Waals surface area contributed by atoms with E-state index in [1.165, 1.54) is 16.7 Å². The van der Waals surface area contributed by atoms with Crippen molar-refractivity contribution in [2.75, 3.05) is 26.2 Å². The number of ether oxygens (including phenoxy) is 2. The number of amides is 2. The van der Waals surface area contributed by atoms with Gasteiger partial charge in [0.2, 0.25) is 0 Å². The zero-order valence-corrected chi connectivity index (χ0v) is 19.7. The van der Waals surface area contributed by atoms with Gasteiger partial charge in [-0.2, -0.15) is 5.26 Å². The minimum absolute atomic E-state index is 0.0758. The number of anilines is 2. The SMILES string of the molecule is COc1ccc2c(c1CC#N)Sc1c(ccc(OC)c1CN1C(=O)c3ccccc3C1=O)N2C. The van der Waals surface area contributed by atoms with Gasteiger partial charge in [-0.25, -0.2) is 0 Å². The predicted octanol–water partition coefficient (Wildman–Crippen LogP) is 4.80. The van der Waals surface area contributed by atoms with Gasteiger partial charge in [0.25, 0.3) is 11.8 Å². The summed E-state index contributed by atoms with van der Waals surface area (Å²) in [6.45, 7) is 0.0758. The number of benzene rings is 3. The number of nitrogens with zero attached hydrogens (tertiary/aromatic N) is 3. The maximum atomic E-state index is 13.1. The number of nitriles is 1. The van der Waals surface area contributed by atoms with Crippen LogP contribution in [0, 0.1) is 11.3 Å². The molecular formula is C26H21N3O4S. The topological polar surface area (TPSA) is 82.9 Å². The molecule has 3 aromatic carbocycles. The van der Waals surface area contributed by atoms with Gasteiger partial charge in [0.1, 0.15) is 11.5 Å². The van der Waals surface area contributed by atoms with Crippen LogP contribution in [0.2, 0.25) is 0 Å². The van der Waals surface area contributed by atoms with Crippen LogP contribution >= 0.6 is 11.8 Å². The second kappa shape index (κ2) is 8.43. The average molecular weight is 472 g/mol. The molecule has 34 heavy (non-hydrogen) atoms. The molecule has 3 aromatic rings. The normalized spacial score (nSPS) is 13.8. The van der Waals surface area contributed by atoms with Crippen molar-refractivity contribution >= 4 is 35.0 Å². The summed E-state index contributed by atoms with van der Waals surface area (Å²) in [5.41, 5.74) is 4.25. The van der Waals surface area contributed by atoms with E-state index in [0.717, 1.165) is 32.3 Å². The van der Waals surface area contributed by atoms with Crippen molar-refractivity contribution in [3.63, 3.8) is 0 Å². The molecule has 2 aliphatic rings. The summed E-state index contributed by atoms with van der Waals surface area (Å²) in [6.07, 6.45) is 0.195. The second-order valence-electron chi connectivity index (χ2n) is 7.93. The smallest absolute Gasteiger partial charge is 0.261 e. The highest BCUT2D eigenvalue weighted by molar-refractivity contribution is 7.99. The van der Waals surface area contributed by atoms with Crippen molar-refractivity contribution in [1.82, 2.24) is 4.90 Å². The second-order valence-corrected chi connectivity index (χ2v) is 8.95. The van der Waals surface area contributed by atoms with Crippen LogP contribution in [0.15, 0.2) is 58.3 Å². The molecule has 0 spiro atoms. The lowest BCUT2D eigenvalue weighted by atomic mass is 10.1. The molecule has 7 nitrogen and oxygen atoms in total. The molecule has 8 heteroatoms. The number of carbonyl (C=O) groups excluding carboxylic acids is 2. The van der Waals surface area contributed by atoms with E-state index in [0.29, 0.717) is 22.6 Å². The molecule has 0 saturated carbocycles. The van der Waals surface area contributed by atoms with E-state index < -0.39 is 0 Å². The Balaban J connectivity index is 1.63. The Bertz CT molecular complexity index is 1360. The molecule has 2 aliphatic heterocycles. The minimum atomic E-state index is -0.318. The summed E-state index contributed by atoms with van der Waals surface area (Å²) in [5.74, 6) is 0.599. The number of fused-ring (bicyclic) bond motifs is 3. The first-order chi connectivity index (χ1) is 16.5. The molecule has 2 heterocycles. The van der Waals surface area contributed by atoms with Gasteiger partial charge in [-0.1, -0.05) is 23.9 Å². The number of hydrogen-bond donors (Lipinski definition) is 0. The zero-order chi connectivity index (χ0) is 24.0. The zero-order valence-electron chi connectivity index (χ0n) is 18.9. The van der Waals surface area contributed by atoms with E-state index in [2.05, 4.69) is 6.07 Å². The van der Waals surface area contributed by atoms with Gasteiger partial charge in [-0.3, -0.25) is 14.5 Å². The lowest BCUT2D eigenvalue weighted by Gasteiger charge is -2.33. The van der Waals surface area contributed by atoms with Gasteiger partial charge in [-0.15, -0.1) is 0 Å². The lowest BCUT2D eigenvalue weighted by molar-refractivity contribution is 0.0640. The predicted molar refractivity (Wildman–Crippen MR) is 128 cm³/mol. The van der Waals surface area contributed by atoms with E-state index >= 15 is 0 Å². The third kappa shape index (κ3) is 3.20. The fraction of sp³-hybridized carbons (Fsp3) is 0.192. The standard InChI is InChI=1S/C26H21N3O4S/c1-28-19-8-10-21(32-2)17(12-13-27)23(19)34-24-18(22(33-3)11-9-20(24)28)14-29-25(30)15-6-4-5-7-16(15)26(29)31/h4-11H,12,14H2,1-3H3. The van der Waals surface area contributed by atoms with Crippen LogP contribution < -0.4 is 14.4 Å². The highest BCUT2D eigenvalue weighted by Crippen LogP contribution is 2.53. The van der Waals surface area contributed by atoms with Crippen LogP contribution in [-0.4, -0.2) is 38.0 Å². The van der Waals surface area contributed by atoms with Crippen molar-refractivity contribution in [1.29, 1.82) is 5.26 Å². The van der Waals surface area contributed by atoms with Crippen LogP contribution in [0.1, 0.15) is 31.8 Å². The summed E-state index contributed by atoms with van der Waals surface area (Å²) in [4.78, 5) is 31.2. The highest BCUT2D eigenvalue weighted by Gasteiger charge is 2.37. The fourth-order valence-electron chi connectivity index (χ4n) is 4.50. The molecule has 0 aromatic heterocycles. The summed E-state index contributed by atoms with van der Waals surface area (Å²) in [6, 6.07) is 16.7. The Hall–Kier alpha value is -3.96. The monoisotopic (exact) mass is 471 g/mol. The Labute approximate surface area is 201 Å². The number of imide groups is 1. The molecule has 0 unspecified atom stereocenters. The first-order valence-electron chi connectivity index (χ1n) is 10.6. The largest absolute Gasteiger partial charge is 0.496 e. The third-order valence-electron chi connectivity index (χ3n) is 6.21. The molecule has 0 fully saturated rings. The van der Waals surface area contributed by atoms with Crippen LogP contribution in [0.3, 0.4) is 0 Å². The molecule has 5 rings (SSSR count). The Kier molecular flexibility index (Phi) is 5.42. The summed E-state index contributed by atoms with van der Waals surface area (Å²) >= 11 is 1.51. The quantitative estimate of drug-likeness (QED) is 0.495. The van der Waals surface area contributed by atoms with E-state index in [4.69, 9.17) is 9.47 Å². The average Bonchev–Trinajstić information content (AvgIpc) is 3.10. The molecule has 2 amide bonds. The van der Waals surface area contributed by atoms with E-state index in [-0.39, 0.29) is 24.8 Å². The van der Waals surface area contributed by atoms with Gasteiger partial charge < -0.3 is 14.4 Å². The van der Waals surface area contributed by atoms with Crippen molar-refractivity contribution in [3.05, 3.63) is 70.8 Å². The van der Waals surface area contributed by atoms with Gasteiger partial charge in [0.15, 0.2) is 0 Å². The molecule has 0 aliphatic carbocycles. The van der Waals surface area contributed by atoms with Gasteiger partial charge >= 0.3 is 0 Å². The molecule has 0 atom stereocenters. The lowest BCUT2D eigenvalue weighted by Crippen LogP contribution is -2.30.